The zero-order valence-corrected chi connectivity index (χ0v) is 15.8. The van der Waals surface area contributed by atoms with Crippen LogP contribution < -0.4 is 5.73 Å². The minimum Gasteiger partial charge on any atom is -0.467 e. The number of hydrogen-bond donors (Lipinski definition) is 1. The molecule has 0 spiro atoms. The molecule has 0 saturated carbocycles. The molecule has 0 saturated heterocycles. The Labute approximate surface area is 150 Å². The van der Waals surface area contributed by atoms with Crippen molar-refractivity contribution in [3.05, 3.63) is 53.1 Å². The standard InChI is InChI=1S/C21H27NO3/c1-13-7-9-15(10-8-13)16-11-12-17(22)14(2)18(16)19(20(23)24-6)25-21(3,4)5/h7-12,19H,22H2,1-6H3. The van der Waals surface area contributed by atoms with E-state index in [0.29, 0.717) is 5.69 Å². The van der Waals surface area contributed by atoms with Gasteiger partial charge >= 0.3 is 5.97 Å². The molecule has 134 valence electrons. The first kappa shape index (κ1) is 19.0. The number of rotatable bonds is 4. The molecule has 0 heterocycles. The van der Waals surface area contributed by atoms with Gasteiger partial charge < -0.3 is 15.2 Å². The third-order valence-corrected chi connectivity index (χ3v) is 4.07. The highest BCUT2D eigenvalue weighted by Crippen LogP contribution is 2.37. The van der Waals surface area contributed by atoms with Gasteiger partial charge in [0.05, 0.1) is 12.7 Å². The average molecular weight is 341 g/mol. The minimum absolute atomic E-state index is 0.433. The van der Waals surface area contributed by atoms with E-state index in [2.05, 4.69) is 0 Å². The van der Waals surface area contributed by atoms with Crippen molar-refractivity contribution in [1.82, 2.24) is 0 Å². The number of methoxy groups -OCH3 is 1. The van der Waals surface area contributed by atoms with Crippen LogP contribution in [0.15, 0.2) is 36.4 Å². The molecule has 0 amide bonds. The average Bonchev–Trinajstić information content (AvgIpc) is 2.54. The van der Waals surface area contributed by atoms with Crippen LogP contribution in [0.4, 0.5) is 5.69 Å². The summed E-state index contributed by atoms with van der Waals surface area (Å²) < 4.78 is 11.1. The first-order valence-corrected chi connectivity index (χ1v) is 8.35. The van der Waals surface area contributed by atoms with E-state index in [1.54, 1.807) is 0 Å². The summed E-state index contributed by atoms with van der Waals surface area (Å²) in [5.41, 5.74) is 10.9. The number of aryl methyl sites for hydroxylation is 1. The second-order valence-electron chi connectivity index (χ2n) is 7.24. The van der Waals surface area contributed by atoms with E-state index in [1.807, 2.05) is 71.0 Å². The van der Waals surface area contributed by atoms with Gasteiger partial charge in [-0.2, -0.15) is 0 Å². The Bertz CT molecular complexity index is 758. The quantitative estimate of drug-likeness (QED) is 0.653. The predicted molar refractivity (Wildman–Crippen MR) is 101 cm³/mol. The minimum atomic E-state index is -0.843. The number of carbonyl (C=O) groups is 1. The van der Waals surface area contributed by atoms with Gasteiger partial charge in [-0.15, -0.1) is 0 Å². The maximum Gasteiger partial charge on any atom is 0.339 e. The van der Waals surface area contributed by atoms with Crippen molar-refractivity contribution in [2.75, 3.05) is 12.8 Å². The molecule has 0 aliphatic rings. The van der Waals surface area contributed by atoms with Crippen LogP contribution in [0.1, 0.15) is 43.6 Å². The molecule has 0 aliphatic heterocycles. The van der Waals surface area contributed by atoms with Gasteiger partial charge in [0, 0.05) is 11.3 Å². The fourth-order valence-electron chi connectivity index (χ4n) is 2.75. The van der Waals surface area contributed by atoms with Gasteiger partial charge in [0.2, 0.25) is 0 Å². The van der Waals surface area contributed by atoms with Crippen LogP contribution in [0.3, 0.4) is 0 Å². The van der Waals surface area contributed by atoms with E-state index >= 15 is 0 Å². The molecule has 2 aromatic rings. The fourth-order valence-corrected chi connectivity index (χ4v) is 2.75. The van der Waals surface area contributed by atoms with E-state index < -0.39 is 17.7 Å². The van der Waals surface area contributed by atoms with Crippen LogP contribution >= 0.6 is 0 Å². The summed E-state index contributed by atoms with van der Waals surface area (Å²) in [6.45, 7) is 9.69. The van der Waals surface area contributed by atoms with Crippen molar-refractivity contribution < 1.29 is 14.3 Å². The summed E-state index contributed by atoms with van der Waals surface area (Å²) in [4.78, 5) is 12.5. The highest BCUT2D eigenvalue weighted by Gasteiger charge is 2.32. The van der Waals surface area contributed by atoms with Gasteiger partial charge in [-0.3, -0.25) is 0 Å². The van der Waals surface area contributed by atoms with E-state index in [9.17, 15) is 4.79 Å². The molecular formula is C21H27NO3. The third-order valence-electron chi connectivity index (χ3n) is 4.07. The van der Waals surface area contributed by atoms with Crippen molar-refractivity contribution >= 4 is 11.7 Å². The SMILES string of the molecule is COC(=O)C(OC(C)(C)C)c1c(-c2ccc(C)cc2)ccc(N)c1C. The molecule has 25 heavy (non-hydrogen) atoms. The van der Waals surface area contributed by atoms with Gasteiger partial charge in [0.15, 0.2) is 6.10 Å². The Hall–Kier alpha value is -2.33. The van der Waals surface area contributed by atoms with Crippen molar-refractivity contribution in [2.24, 2.45) is 0 Å². The molecule has 2 aromatic carbocycles. The molecule has 2 N–H and O–H groups in total. The van der Waals surface area contributed by atoms with Crippen LogP contribution in [-0.2, 0) is 14.3 Å². The first-order valence-electron chi connectivity index (χ1n) is 8.35. The second kappa shape index (κ2) is 7.28. The highest BCUT2D eigenvalue weighted by atomic mass is 16.6. The first-order chi connectivity index (χ1) is 11.6. The molecule has 0 aliphatic carbocycles. The topological polar surface area (TPSA) is 61.5 Å². The molecule has 0 fully saturated rings. The number of hydrogen-bond acceptors (Lipinski definition) is 4. The Morgan fingerprint density at radius 3 is 2.16 bits per heavy atom. The van der Waals surface area contributed by atoms with Gasteiger partial charge in [0.1, 0.15) is 0 Å². The lowest BCUT2D eigenvalue weighted by molar-refractivity contribution is -0.164. The fraction of sp³-hybridized carbons (Fsp3) is 0.381. The maximum atomic E-state index is 12.5. The smallest absolute Gasteiger partial charge is 0.339 e. The molecule has 4 heteroatoms. The van der Waals surface area contributed by atoms with E-state index in [0.717, 1.165) is 22.3 Å². The largest absolute Gasteiger partial charge is 0.467 e. The monoisotopic (exact) mass is 341 g/mol. The van der Waals surface area contributed by atoms with E-state index in [4.69, 9.17) is 15.2 Å². The lowest BCUT2D eigenvalue weighted by Crippen LogP contribution is -2.29. The number of ether oxygens (including phenoxy) is 2. The highest BCUT2D eigenvalue weighted by molar-refractivity contribution is 5.84. The Morgan fingerprint density at radius 2 is 1.64 bits per heavy atom. The lowest BCUT2D eigenvalue weighted by Gasteiger charge is -2.29. The van der Waals surface area contributed by atoms with Crippen molar-refractivity contribution in [2.45, 2.75) is 46.3 Å². The number of benzene rings is 2. The van der Waals surface area contributed by atoms with E-state index in [-0.39, 0.29) is 0 Å². The summed E-state index contributed by atoms with van der Waals surface area (Å²) in [5, 5.41) is 0. The zero-order chi connectivity index (χ0) is 18.8. The van der Waals surface area contributed by atoms with Crippen LogP contribution in [0.25, 0.3) is 11.1 Å². The number of nitrogen functional groups attached to an aromatic ring is 1. The summed E-state index contributed by atoms with van der Waals surface area (Å²) in [6, 6.07) is 12.0. The molecule has 0 bridgehead atoms. The van der Waals surface area contributed by atoms with Crippen LogP contribution in [0.2, 0.25) is 0 Å². The molecule has 1 atom stereocenters. The van der Waals surface area contributed by atoms with Gasteiger partial charge in [-0.1, -0.05) is 35.9 Å². The van der Waals surface area contributed by atoms with Gasteiger partial charge in [-0.05, 0) is 57.4 Å². The number of nitrogens with two attached hydrogens (primary N) is 1. The number of anilines is 1. The molecule has 1 unspecified atom stereocenters. The Kier molecular flexibility index (Phi) is 5.53. The second-order valence-corrected chi connectivity index (χ2v) is 7.24. The Balaban J connectivity index is 2.69. The van der Waals surface area contributed by atoms with Crippen molar-refractivity contribution in [3.8, 4) is 11.1 Å². The maximum absolute atomic E-state index is 12.5. The predicted octanol–water partition coefficient (Wildman–Crippen LogP) is 4.58. The summed E-state index contributed by atoms with van der Waals surface area (Å²) in [6.07, 6.45) is -0.843. The summed E-state index contributed by atoms with van der Waals surface area (Å²) in [7, 11) is 1.37. The van der Waals surface area contributed by atoms with Crippen LogP contribution in [-0.4, -0.2) is 18.7 Å². The summed E-state index contributed by atoms with van der Waals surface area (Å²) >= 11 is 0. The van der Waals surface area contributed by atoms with Gasteiger partial charge in [-0.25, -0.2) is 4.79 Å². The molecular weight excluding hydrogens is 314 g/mol. The molecule has 2 rings (SSSR count). The van der Waals surface area contributed by atoms with E-state index in [1.165, 1.54) is 12.7 Å². The third kappa shape index (κ3) is 4.40. The number of carbonyl (C=O) groups excluding carboxylic acids is 1. The number of esters is 1. The zero-order valence-electron chi connectivity index (χ0n) is 15.8. The van der Waals surface area contributed by atoms with Crippen LogP contribution in [0, 0.1) is 13.8 Å². The molecule has 0 radical (unpaired) electrons. The normalized spacial score (nSPS) is 12.7. The lowest BCUT2D eigenvalue weighted by atomic mass is 9.90. The molecule has 0 aromatic heterocycles. The van der Waals surface area contributed by atoms with Crippen molar-refractivity contribution in [1.29, 1.82) is 0 Å². The summed E-state index contributed by atoms with van der Waals surface area (Å²) in [5.74, 6) is -0.433. The van der Waals surface area contributed by atoms with Crippen LogP contribution in [0.5, 0.6) is 0 Å². The van der Waals surface area contributed by atoms with Crippen molar-refractivity contribution in [3.63, 3.8) is 0 Å². The van der Waals surface area contributed by atoms with Gasteiger partial charge in [0.25, 0.3) is 0 Å². The Morgan fingerprint density at radius 1 is 1.04 bits per heavy atom. The molecule has 4 nitrogen and oxygen atoms in total.